The van der Waals surface area contributed by atoms with Crippen LogP contribution >= 0.6 is 0 Å². The van der Waals surface area contributed by atoms with Crippen LogP contribution in [0, 0.1) is 31.1 Å². The molecule has 0 spiro atoms. The van der Waals surface area contributed by atoms with E-state index in [1.54, 1.807) is 19.1 Å². The van der Waals surface area contributed by atoms with E-state index in [9.17, 15) is 14.4 Å². The molecule has 5 nitrogen and oxygen atoms in total. The number of carbonyl (C=O) groups is 3. The summed E-state index contributed by atoms with van der Waals surface area (Å²) in [6.07, 6.45) is 12.2. The van der Waals surface area contributed by atoms with Gasteiger partial charge in [-0.25, -0.2) is 0 Å². The van der Waals surface area contributed by atoms with Crippen molar-refractivity contribution in [2.24, 2.45) is 10.6 Å². The SMILES string of the molecule is C=C(/C=C\C=C/C)O/N=C(\C)C(C)=O.CC#Cc1cc(C)c(C2C(=O)CC(CCC)(CCC)CC2=O)c(C)c1. The van der Waals surface area contributed by atoms with Crippen molar-refractivity contribution in [3.05, 3.63) is 71.0 Å². The van der Waals surface area contributed by atoms with Gasteiger partial charge in [-0.1, -0.05) is 62.6 Å². The molecular formula is C34H45NO4. The van der Waals surface area contributed by atoms with Gasteiger partial charge in [0.15, 0.2) is 11.5 Å². The van der Waals surface area contributed by atoms with Crippen molar-refractivity contribution in [2.45, 2.75) is 99.8 Å². The highest BCUT2D eigenvalue weighted by Gasteiger charge is 2.45. The lowest BCUT2D eigenvalue weighted by atomic mass is 9.63. The van der Waals surface area contributed by atoms with Gasteiger partial charge in [0.25, 0.3) is 0 Å². The Balaban J connectivity index is 0.000000464. The van der Waals surface area contributed by atoms with Gasteiger partial charge in [0.1, 0.15) is 23.2 Å². The maximum absolute atomic E-state index is 13.0. The van der Waals surface area contributed by atoms with Gasteiger partial charge >= 0.3 is 0 Å². The van der Waals surface area contributed by atoms with E-state index >= 15 is 0 Å². The second-order valence-corrected chi connectivity index (χ2v) is 10.3. The molecule has 0 aliphatic heterocycles. The summed E-state index contributed by atoms with van der Waals surface area (Å²) in [6, 6.07) is 4.00. The molecule has 0 amide bonds. The second kappa shape index (κ2) is 16.4. The predicted molar refractivity (Wildman–Crippen MR) is 161 cm³/mol. The first-order chi connectivity index (χ1) is 18.4. The molecule has 1 saturated carbocycles. The van der Waals surface area contributed by atoms with E-state index in [4.69, 9.17) is 4.84 Å². The molecule has 39 heavy (non-hydrogen) atoms. The number of hydrogen-bond acceptors (Lipinski definition) is 5. The maximum atomic E-state index is 13.0. The molecule has 210 valence electrons. The lowest BCUT2D eigenvalue weighted by molar-refractivity contribution is -0.137. The zero-order valence-electron chi connectivity index (χ0n) is 25.1. The summed E-state index contributed by atoms with van der Waals surface area (Å²) in [5.74, 6) is 5.90. The van der Waals surface area contributed by atoms with Crippen molar-refractivity contribution in [1.29, 1.82) is 0 Å². The Kier molecular flexibility index (Phi) is 14.1. The third kappa shape index (κ3) is 10.3. The molecule has 1 aromatic carbocycles. The van der Waals surface area contributed by atoms with Crippen LogP contribution in [0.3, 0.4) is 0 Å². The zero-order valence-corrected chi connectivity index (χ0v) is 25.1. The first-order valence-corrected chi connectivity index (χ1v) is 13.7. The number of ketones is 3. The monoisotopic (exact) mass is 531 g/mol. The number of rotatable bonds is 10. The van der Waals surface area contributed by atoms with E-state index in [1.165, 1.54) is 6.92 Å². The Morgan fingerprint density at radius 3 is 2.05 bits per heavy atom. The predicted octanol–water partition coefficient (Wildman–Crippen LogP) is 7.89. The Morgan fingerprint density at radius 1 is 1.08 bits per heavy atom. The van der Waals surface area contributed by atoms with Crippen molar-refractivity contribution in [3.63, 3.8) is 0 Å². The normalized spacial score (nSPS) is 15.5. The van der Waals surface area contributed by atoms with Gasteiger partial charge in [-0.2, -0.15) is 0 Å². The minimum atomic E-state index is -0.578. The van der Waals surface area contributed by atoms with Crippen LogP contribution < -0.4 is 0 Å². The van der Waals surface area contributed by atoms with Gasteiger partial charge in [-0.3, -0.25) is 14.4 Å². The minimum absolute atomic E-state index is 0.108. The number of oxime groups is 1. The molecule has 0 aromatic heterocycles. The maximum Gasteiger partial charge on any atom is 0.177 e. The van der Waals surface area contributed by atoms with Crippen LogP contribution in [0.1, 0.15) is 108 Å². The average molecular weight is 532 g/mol. The first kappa shape index (κ1) is 33.5. The molecular weight excluding hydrogens is 486 g/mol. The number of aryl methyl sites for hydroxylation is 2. The van der Waals surface area contributed by atoms with Gasteiger partial charge in [-0.15, -0.1) is 5.92 Å². The number of hydrogen-bond donors (Lipinski definition) is 0. The first-order valence-electron chi connectivity index (χ1n) is 13.7. The molecule has 1 fully saturated rings. The fourth-order valence-electron chi connectivity index (χ4n) is 5.19. The highest BCUT2D eigenvalue weighted by molar-refractivity contribution is 6.37. The summed E-state index contributed by atoms with van der Waals surface area (Å²) in [6.45, 7) is 18.6. The Hall–Kier alpha value is -3.52. The molecule has 0 unspecified atom stereocenters. The molecule has 0 atom stereocenters. The van der Waals surface area contributed by atoms with Crippen LogP contribution in [0.5, 0.6) is 0 Å². The summed E-state index contributed by atoms with van der Waals surface area (Å²) >= 11 is 0. The standard InChI is InChI=1S/C23H30O2.C11H15NO2/c1-6-9-18-12-16(4)21(17(5)13-18)22-19(24)14-23(10-7-2,11-8-3)15-20(22)25;1-5-6-7-8-9(2)14-12-10(3)11(4)13/h12-13,22H,7-8,10-11,14-15H2,1-5H3;5-8H,2H2,1,3-4H3/b;6-5-,8-7-,12-10+. The van der Waals surface area contributed by atoms with Crippen molar-refractivity contribution in [1.82, 2.24) is 0 Å². The molecule has 0 heterocycles. The summed E-state index contributed by atoms with van der Waals surface area (Å²) in [4.78, 5) is 41.7. The molecule has 1 aliphatic carbocycles. The van der Waals surface area contributed by atoms with Crippen molar-refractivity contribution < 1.29 is 19.2 Å². The third-order valence-electron chi connectivity index (χ3n) is 6.85. The van der Waals surface area contributed by atoms with Crippen LogP contribution in [0.2, 0.25) is 0 Å². The molecule has 0 radical (unpaired) electrons. The van der Waals surface area contributed by atoms with Crippen LogP contribution in [0.4, 0.5) is 0 Å². The smallest absolute Gasteiger partial charge is 0.177 e. The highest BCUT2D eigenvalue weighted by Crippen LogP contribution is 2.46. The number of benzene rings is 1. The third-order valence-corrected chi connectivity index (χ3v) is 6.85. The number of allylic oxidation sites excluding steroid dienone is 4. The average Bonchev–Trinajstić information content (AvgIpc) is 2.85. The van der Waals surface area contributed by atoms with Crippen LogP contribution in [0.25, 0.3) is 0 Å². The molecule has 1 aliphatic rings. The topological polar surface area (TPSA) is 72.8 Å². The van der Waals surface area contributed by atoms with E-state index in [0.29, 0.717) is 24.3 Å². The van der Waals surface area contributed by atoms with E-state index < -0.39 is 5.92 Å². The summed E-state index contributed by atoms with van der Waals surface area (Å²) < 4.78 is 0. The molecule has 0 saturated heterocycles. The van der Waals surface area contributed by atoms with Crippen LogP contribution in [-0.2, 0) is 19.2 Å². The van der Waals surface area contributed by atoms with Crippen molar-refractivity contribution >= 4 is 23.1 Å². The van der Waals surface area contributed by atoms with Crippen molar-refractivity contribution in [2.75, 3.05) is 0 Å². The fraction of sp³-hybridized carbons (Fsp3) is 0.471. The lowest BCUT2D eigenvalue weighted by Crippen LogP contribution is -2.40. The van der Waals surface area contributed by atoms with Gasteiger partial charge in [0.2, 0.25) is 0 Å². The number of nitrogens with zero attached hydrogens (tertiary/aromatic N) is 1. The van der Waals surface area contributed by atoms with Gasteiger partial charge < -0.3 is 4.84 Å². The van der Waals surface area contributed by atoms with E-state index in [-0.39, 0.29) is 22.8 Å². The van der Waals surface area contributed by atoms with E-state index in [2.05, 4.69) is 37.4 Å². The molecule has 5 heteroatoms. The molecule has 2 rings (SSSR count). The van der Waals surface area contributed by atoms with Gasteiger partial charge in [-0.05, 0) is 87.8 Å². The number of carbonyl (C=O) groups excluding carboxylic acids is 3. The van der Waals surface area contributed by atoms with Crippen LogP contribution in [0.15, 0.2) is 53.9 Å². The molecule has 0 N–H and O–H groups in total. The molecule has 0 bridgehead atoms. The quantitative estimate of drug-likeness (QED) is 0.0768. The minimum Gasteiger partial charge on any atom is -0.357 e. The van der Waals surface area contributed by atoms with Crippen LogP contribution in [-0.4, -0.2) is 23.1 Å². The Labute approximate surface area is 235 Å². The van der Waals surface area contributed by atoms with E-state index in [0.717, 1.165) is 47.9 Å². The van der Waals surface area contributed by atoms with Gasteiger partial charge in [0, 0.05) is 25.3 Å². The van der Waals surface area contributed by atoms with E-state index in [1.807, 2.05) is 52.0 Å². The van der Waals surface area contributed by atoms with Crippen molar-refractivity contribution in [3.8, 4) is 11.8 Å². The molecule has 1 aromatic rings. The highest BCUT2D eigenvalue weighted by atomic mass is 16.6. The fourth-order valence-corrected chi connectivity index (χ4v) is 5.19. The van der Waals surface area contributed by atoms with Gasteiger partial charge in [0.05, 0.1) is 0 Å². The summed E-state index contributed by atoms with van der Waals surface area (Å²) in [5, 5.41) is 3.59. The Morgan fingerprint density at radius 2 is 1.62 bits per heavy atom. The largest absolute Gasteiger partial charge is 0.357 e. The zero-order chi connectivity index (χ0) is 29.6. The number of Topliss-reactive ketones (excluding diaryl/α,β-unsaturated/α-hetero) is 3. The summed E-state index contributed by atoms with van der Waals surface area (Å²) in [5.41, 5.74) is 4.09. The summed E-state index contributed by atoms with van der Waals surface area (Å²) in [7, 11) is 0. The second-order valence-electron chi connectivity index (χ2n) is 10.3. The lowest BCUT2D eigenvalue weighted by Gasteiger charge is -2.39. The Bertz CT molecular complexity index is 1150.